The summed E-state index contributed by atoms with van der Waals surface area (Å²) in [6.45, 7) is 12.3. The first-order chi connectivity index (χ1) is 22.2. The number of amides is 2. The molecule has 0 aliphatic carbocycles. The molecule has 1 unspecified atom stereocenters. The summed E-state index contributed by atoms with van der Waals surface area (Å²) < 4.78 is 17.9. The summed E-state index contributed by atoms with van der Waals surface area (Å²) in [5.41, 5.74) is 1.52. The Labute approximate surface area is 273 Å². The van der Waals surface area contributed by atoms with Crippen LogP contribution in [0.5, 0.6) is 23.0 Å². The SMILES string of the molecule is COc1cc2c(Oc3ccc(NC(=O)NCCC(C)(C)C)cc3)ccnc2cc1OCC(O)CN1CCC(N2CCCCC2)CC1. The number of hydrogen-bond donors (Lipinski definition) is 3. The average molecular weight is 634 g/mol. The largest absolute Gasteiger partial charge is 0.493 e. The van der Waals surface area contributed by atoms with Crippen molar-refractivity contribution in [1.29, 1.82) is 0 Å². The molecule has 10 heteroatoms. The normalized spacial score (nSPS) is 17.4. The second-order valence-electron chi connectivity index (χ2n) is 13.7. The third-order valence-electron chi connectivity index (χ3n) is 8.85. The van der Waals surface area contributed by atoms with Crippen LogP contribution in [-0.2, 0) is 0 Å². The van der Waals surface area contributed by atoms with Crippen molar-refractivity contribution >= 4 is 22.6 Å². The fourth-order valence-electron chi connectivity index (χ4n) is 6.24. The van der Waals surface area contributed by atoms with E-state index in [0.29, 0.717) is 53.3 Å². The molecule has 2 aliphatic rings. The molecule has 250 valence electrons. The summed E-state index contributed by atoms with van der Waals surface area (Å²) in [6, 6.07) is 13.1. The van der Waals surface area contributed by atoms with Crippen LogP contribution in [0.3, 0.4) is 0 Å². The van der Waals surface area contributed by atoms with Crippen molar-refractivity contribution in [3.8, 4) is 23.0 Å². The Balaban J connectivity index is 1.14. The number of ether oxygens (including phenoxy) is 3. The minimum absolute atomic E-state index is 0.161. The van der Waals surface area contributed by atoms with Crippen molar-refractivity contribution in [3.05, 3.63) is 48.7 Å². The van der Waals surface area contributed by atoms with E-state index in [1.165, 1.54) is 32.4 Å². The molecule has 1 atom stereocenters. The Morgan fingerprint density at radius 3 is 2.43 bits per heavy atom. The zero-order valence-corrected chi connectivity index (χ0v) is 27.9. The molecular formula is C36H51N5O5. The van der Waals surface area contributed by atoms with Crippen LogP contribution in [0.2, 0.25) is 0 Å². The molecule has 0 saturated carbocycles. The van der Waals surface area contributed by atoms with E-state index in [2.05, 4.69) is 46.2 Å². The Morgan fingerprint density at radius 1 is 1.00 bits per heavy atom. The van der Waals surface area contributed by atoms with Gasteiger partial charge in [-0.2, -0.15) is 0 Å². The lowest BCUT2D eigenvalue weighted by Gasteiger charge is -2.40. The molecule has 2 amide bonds. The first kappa shape index (κ1) is 33.8. The van der Waals surface area contributed by atoms with Crippen LogP contribution in [0.15, 0.2) is 48.7 Å². The van der Waals surface area contributed by atoms with Gasteiger partial charge in [-0.25, -0.2) is 4.79 Å². The number of piperidine rings is 2. The van der Waals surface area contributed by atoms with Crippen LogP contribution < -0.4 is 24.8 Å². The maximum atomic E-state index is 12.2. The maximum Gasteiger partial charge on any atom is 0.319 e. The lowest BCUT2D eigenvalue weighted by atomic mass is 9.92. The first-order valence-electron chi connectivity index (χ1n) is 16.7. The van der Waals surface area contributed by atoms with Crippen molar-refractivity contribution < 1.29 is 24.1 Å². The minimum Gasteiger partial charge on any atom is -0.493 e. The van der Waals surface area contributed by atoms with E-state index < -0.39 is 6.10 Å². The van der Waals surface area contributed by atoms with Crippen molar-refractivity contribution in [3.63, 3.8) is 0 Å². The van der Waals surface area contributed by atoms with E-state index in [-0.39, 0.29) is 18.1 Å². The number of carbonyl (C=O) groups is 1. The highest BCUT2D eigenvalue weighted by atomic mass is 16.5. The Hall–Kier alpha value is -3.60. The lowest BCUT2D eigenvalue weighted by Crippen LogP contribution is -2.48. The van der Waals surface area contributed by atoms with Gasteiger partial charge in [0.05, 0.1) is 12.6 Å². The van der Waals surface area contributed by atoms with E-state index in [4.69, 9.17) is 14.2 Å². The van der Waals surface area contributed by atoms with E-state index in [1.54, 1.807) is 31.5 Å². The number of rotatable bonds is 12. The predicted molar refractivity (Wildman–Crippen MR) is 182 cm³/mol. The number of benzene rings is 2. The first-order valence-corrected chi connectivity index (χ1v) is 16.7. The third kappa shape index (κ3) is 9.70. The molecule has 0 radical (unpaired) electrons. The van der Waals surface area contributed by atoms with E-state index in [9.17, 15) is 9.90 Å². The zero-order valence-electron chi connectivity index (χ0n) is 27.9. The van der Waals surface area contributed by atoms with Crippen molar-refractivity contribution in [2.24, 2.45) is 5.41 Å². The van der Waals surface area contributed by atoms with E-state index in [0.717, 1.165) is 37.7 Å². The van der Waals surface area contributed by atoms with Gasteiger partial charge >= 0.3 is 6.03 Å². The van der Waals surface area contributed by atoms with Crippen LogP contribution in [0.4, 0.5) is 10.5 Å². The number of urea groups is 1. The molecule has 2 fully saturated rings. The molecule has 3 N–H and O–H groups in total. The number of carbonyl (C=O) groups excluding carboxylic acids is 1. The van der Waals surface area contributed by atoms with Gasteiger partial charge in [-0.05, 0) is 100 Å². The van der Waals surface area contributed by atoms with Gasteiger partial charge in [0.1, 0.15) is 24.2 Å². The molecule has 10 nitrogen and oxygen atoms in total. The predicted octanol–water partition coefficient (Wildman–Crippen LogP) is 6.28. The number of methoxy groups -OCH3 is 1. The van der Waals surface area contributed by atoms with Gasteiger partial charge < -0.3 is 39.8 Å². The summed E-state index contributed by atoms with van der Waals surface area (Å²) in [7, 11) is 1.60. The van der Waals surface area contributed by atoms with Crippen LogP contribution in [0.25, 0.3) is 10.9 Å². The van der Waals surface area contributed by atoms with Crippen LogP contribution >= 0.6 is 0 Å². The number of aliphatic hydroxyl groups excluding tert-OH is 1. The Morgan fingerprint density at radius 2 is 1.74 bits per heavy atom. The van der Waals surface area contributed by atoms with Gasteiger partial charge in [-0.3, -0.25) is 4.98 Å². The number of nitrogens with one attached hydrogen (secondary N) is 2. The molecule has 2 aliphatic heterocycles. The van der Waals surface area contributed by atoms with Crippen molar-refractivity contribution in [2.45, 2.75) is 71.4 Å². The summed E-state index contributed by atoms with van der Waals surface area (Å²) in [6.07, 6.45) is 8.32. The monoisotopic (exact) mass is 633 g/mol. The van der Waals surface area contributed by atoms with Gasteiger partial charge in [-0.15, -0.1) is 0 Å². The zero-order chi connectivity index (χ0) is 32.5. The molecule has 3 aromatic rings. The molecule has 0 bridgehead atoms. The minimum atomic E-state index is -0.610. The average Bonchev–Trinajstić information content (AvgIpc) is 3.04. The second-order valence-corrected chi connectivity index (χ2v) is 13.7. The maximum absolute atomic E-state index is 12.2. The molecule has 2 aromatic carbocycles. The van der Waals surface area contributed by atoms with Gasteiger partial charge in [-0.1, -0.05) is 27.2 Å². The molecule has 5 rings (SSSR count). The molecule has 46 heavy (non-hydrogen) atoms. The summed E-state index contributed by atoms with van der Waals surface area (Å²) >= 11 is 0. The fourth-order valence-corrected chi connectivity index (χ4v) is 6.24. The van der Waals surface area contributed by atoms with Gasteiger partial charge in [0.15, 0.2) is 11.5 Å². The number of fused-ring (bicyclic) bond motifs is 1. The van der Waals surface area contributed by atoms with Gasteiger partial charge in [0.2, 0.25) is 0 Å². The molecule has 2 saturated heterocycles. The van der Waals surface area contributed by atoms with Gasteiger partial charge in [0.25, 0.3) is 0 Å². The summed E-state index contributed by atoms with van der Waals surface area (Å²) in [5, 5.41) is 17.3. The highest BCUT2D eigenvalue weighted by Crippen LogP contribution is 2.37. The van der Waals surface area contributed by atoms with Crippen LogP contribution in [-0.4, -0.2) is 91.1 Å². The molecule has 0 spiro atoms. The number of pyridine rings is 1. The van der Waals surface area contributed by atoms with Crippen molar-refractivity contribution in [2.75, 3.05) is 58.3 Å². The van der Waals surface area contributed by atoms with E-state index >= 15 is 0 Å². The molecule has 3 heterocycles. The highest BCUT2D eigenvalue weighted by molar-refractivity contribution is 5.89. The van der Waals surface area contributed by atoms with E-state index in [1.807, 2.05) is 24.3 Å². The Bertz CT molecular complexity index is 1410. The molecular weight excluding hydrogens is 582 g/mol. The summed E-state index contributed by atoms with van der Waals surface area (Å²) in [4.78, 5) is 21.8. The second kappa shape index (κ2) is 15.8. The van der Waals surface area contributed by atoms with Crippen LogP contribution in [0, 0.1) is 5.41 Å². The van der Waals surface area contributed by atoms with Gasteiger partial charge in [0, 0.05) is 42.5 Å². The number of aliphatic hydroxyl groups is 1. The van der Waals surface area contributed by atoms with Crippen molar-refractivity contribution in [1.82, 2.24) is 20.1 Å². The number of anilines is 1. The number of aromatic nitrogens is 1. The number of hydrogen-bond acceptors (Lipinski definition) is 8. The Kier molecular flexibility index (Phi) is 11.6. The molecule has 1 aromatic heterocycles. The summed E-state index contributed by atoms with van der Waals surface area (Å²) in [5.74, 6) is 2.30. The lowest BCUT2D eigenvalue weighted by molar-refractivity contribution is 0.0401. The smallest absolute Gasteiger partial charge is 0.319 e. The third-order valence-corrected chi connectivity index (χ3v) is 8.85. The number of β-amino-alcohol motifs (C(OH)–C–C–N with tert-alkyl or cyclic N) is 1. The standard InChI is InChI=1S/C36H51N5O5/c1-36(2,3)15-17-38-35(43)39-26-8-10-29(11-9-26)46-32-12-16-37-31-23-34(33(44-4)22-30(31)32)45-25-28(42)24-40-20-13-27(14-21-40)41-18-6-5-7-19-41/h8-12,16,22-23,27-28,42H,5-7,13-15,17-21,24-25H2,1-4H3,(H2,38,39,43). The van der Waals surface area contributed by atoms with Crippen LogP contribution in [0.1, 0.15) is 59.3 Å². The number of nitrogens with zero attached hydrogens (tertiary/aromatic N) is 3. The fraction of sp³-hybridized carbons (Fsp3) is 0.556. The number of likely N-dealkylation sites (tertiary alicyclic amines) is 2. The quantitative estimate of drug-likeness (QED) is 0.214. The highest BCUT2D eigenvalue weighted by Gasteiger charge is 2.26. The topological polar surface area (TPSA) is 108 Å².